The Balaban J connectivity index is 2.49. The Morgan fingerprint density at radius 1 is 1.18 bits per heavy atom. The molecule has 2 rings (SSSR count). The Bertz CT molecular complexity index is 402. The van der Waals surface area contributed by atoms with Gasteiger partial charge in [-0.1, -0.05) is 32.5 Å². The first kappa shape index (κ1) is 18.0. The topological polar surface area (TPSA) is 44.8 Å². The largest absolute Gasteiger partial charge is 0.469 e. The molecule has 0 aromatic carbocycles. The summed E-state index contributed by atoms with van der Waals surface area (Å²) in [6.45, 7) is 7.18. The summed E-state index contributed by atoms with van der Waals surface area (Å²) >= 11 is 0. The molecule has 4 atom stereocenters. The molecule has 0 saturated heterocycles. The van der Waals surface area contributed by atoms with Gasteiger partial charge in [-0.3, -0.25) is 4.79 Å². The molecule has 2 fully saturated rings. The van der Waals surface area contributed by atoms with Crippen LogP contribution in [0.2, 0.25) is 24.7 Å². The fraction of sp³-hybridized carbons (Fsp3) is 0.941. The van der Waals surface area contributed by atoms with Gasteiger partial charge in [-0.2, -0.15) is 0 Å². The van der Waals surface area contributed by atoms with Crippen molar-refractivity contribution in [2.45, 2.75) is 63.1 Å². The fourth-order valence-electron chi connectivity index (χ4n) is 5.42. The lowest BCUT2D eigenvalue weighted by Crippen LogP contribution is -2.50. The second kappa shape index (κ2) is 6.61. The van der Waals surface area contributed by atoms with Crippen molar-refractivity contribution in [3.8, 4) is 0 Å². The van der Waals surface area contributed by atoms with Crippen LogP contribution in [0.1, 0.15) is 32.1 Å². The zero-order valence-electron chi connectivity index (χ0n) is 15.0. The van der Waals surface area contributed by atoms with E-state index in [1.807, 2.05) is 0 Å². The van der Waals surface area contributed by atoms with Crippen molar-refractivity contribution in [2.75, 3.05) is 21.3 Å². The van der Waals surface area contributed by atoms with E-state index >= 15 is 0 Å². The first-order chi connectivity index (χ1) is 10.3. The van der Waals surface area contributed by atoms with Crippen LogP contribution in [0, 0.1) is 17.8 Å². The molecular weight excluding hydrogens is 296 g/mol. The van der Waals surface area contributed by atoms with Crippen LogP contribution in [0.5, 0.6) is 0 Å². The second-order valence-electron chi connectivity index (χ2n) is 8.02. The van der Waals surface area contributed by atoms with Crippen molar-refractivity contribution in [1.82, 2.24) is 0 Å². The molecular formula is C17H32O4Si. The molecule has 0 aromatic rings. The lowest BCUT2D eigenvalue weighted by molar-refractivity contribution is -0.151. The van der Waals surface area contributed by atoms with Crippen molar-refractivity contribution in [3.05, 3.63) is 0 Å². The number of hydrogen-bond donors (Lipinski definition) is 0. The van der Waals surface area contributed by atoms with Crippen molar-refractivity contribution >= 4 is 14.0 Å². The minimum atomic E-state index is -1.66. The van der Waals surface area contributed by atoms with Crippen molar-refractivity contribution in [2.24, 2.45) is 17.8 Å². The zero-order valence-corrected chi connectivity index (χ0v) is 16.0. The molecule has 2 saturated carbocycles. The minimum absolute atomic E-state index is 0.0113. The van der Waals surface area contributed by atoms with Gasteiger partial charge in [-0.25, -0.2) is 0 Å². The number of esters is 1. The third kappa shape index (κ3) is 2.76. The maximum atomic E-state index is 12.7. The molecule has 0 heterocycles. The van der Waals surface area contributed by atoms with Gasteiger partial charge in [-0.15, -0.1) is 0 Å². The van der Waals surface area contributed by atoms with Gasteiger partial charge in [0.1, 0.15) is 0 Å². The Morgan fingerprint density at radius 3 is 2.32 bits per heavy atom. The summed E-state index contributed by atoms with van der Waals surface area (Å²) in [5.41, 5.74) is 0. The lowest BCUT2D eigenvalue weighted by Gasteiger charge is -2.49. The summed E-state index contributed by atoms with van der Waals surface area (Å²) in [5.74, 6) is 1.09. The van der Waals surface area contributed by atoms with Crippen LogP contribution in [-0.4, -0.2) is 41.7 Å². The number of carbonyl (C=O) groups is 1. The highest BCUT2D eigenvalue weighted by Gasteiger charge is 2.64. The van der Waals surface area contributed by atoms with E-state index in [0.29, 0.717) is 11.8 Å². The second-order valence-corrected chi connectivity index (χ2v) is 13.5. The number of rotatable bonds is 6. The molecule has 22 heavy (non-hydrogen) atoms. The van der Waals surface area contributed by atoms with Crippen LogP contribution in [0.25, 0.3) is 0 Å². The van der Waals surface area contributed by atoms with Gasteiger partial charge >= 0.3 is 5.97 Å². The molecule has 2 bridgehead atoms. The Morgan fingerprint density at radius 2 is 1.82 bits per heavy atom. The van der Waals surface area contributed by atoms with Crippen LogP contribution in [0.15, 0.2) is 0 Å². The van der Waals surface area contributed by atoms with Crippen LogP contribution >= 0.6 is 0 Å². The number of methoxy groups -OCH3 is 3. The van der Waals surface area contributed by atoms with Gasteiger partial charge in [0.05, 0.1) is 21.1 Å². The summed E-state index contributed by atoms with van der Waals surface area (Å²) in [4.78, 5) is 12.7. The molecule has 0 N–H and O–H groups in total. The molecule has 4 nitrogen and oxygen atoms in total. The van der Waals surface area contributed by atoms with E-state index in [9.17, 15) is 4.79 Å². The van der Waals surface area contributed by atoms with Gasteiger partial charge in [0.2, 0.25) is 0 Å². The quantitative estimate of drug-likeness (QED) is 0.424. The highest BCUT2D eigenvalue weighted by molar-refractivity contribution is 6.79. The predicted molar refractivity (Wildman–Crippen MR) is 89.4 cm³/mol. The van der Waals surface area contributed by atoms with Gasteiger partial charge in [0.25, 0.3) is 0 Å². The summed E-state index contributed by atoms with van der Waals surface area (Å²) in [6.07, 6.45) is 5.38. The molecule has 2 aliphatic rings. The average Bonchev–Trinajstić information content (AvgIpc) is 2.71. The van der Waals surface area contributed by atoms with E-state index in [0.717, 1.165) is 12.8 Å². The van der Waals surface area contributed by atoms with Gasteiger partial charge in [0, 0.05) is 20.6 Å². The summed E-state index contributed by atoms with van der Waals surface area (Å²) in [6, 6.07) is 0. The highest BCUT2D eigenvalue weighted by Crippen LogP contribution is 2.68. The summed E-state index contributed by atoms with van der Waals surface area (Å²) < 4.78 is 16.3. The molecule has 0 aromatic heterocycles. The van der Waals surface area contributed by atoms with Crippen LogP contribution in [0.4, 0.5) is 0 Å². The third-order valence-electron chi connectivity index (χ3n) is 6.35. The lowest BCUT2D eigenvalue weighted by atomic mass is 9.83. The van der Waals surface area contributed by atoms with E-state index < -0.39 is 8.07 Å². The third-order valence-corrected chi connectivity index (χ3v) is 10.1. The van der Waals surface area contributed by atoms with Crippen LogP contribution < -0.4 is 0 Å². The van der Waals surface area contributed by atoms with Crippen molar-refractivity contribution in [3.63, 3.8) is 0 Å². The number of ether oxygens (including phenoxy) is 3. The standard InChI is InChI=1S/C17H32O4Si/c1-19-14(20-2)11-17(22(4,5)6)13-9-7-8-12(10-13)15(17)16(18)21-3/h12-15H,7-11H2,1-6H3. The predicted octanol–water partition coefficient (Wildman–Crippen LogP) is 3.68. The number of fused-ring (bicyclic) bond motifs is 2. The van der Waals surface area contributed by atoms with E-state index in [-0.39, 0.29) is 23.2 Å². The van der Waals surface area contributed by atoms with Crippen molar-refractivity contribution in [1.29, 1.82) is 0 Å². The molecule has 4 unspecified atom stereocenters. The minimum Gasteiger partial charge on any atom is -0.469 e. The SMILES string of the molecule is COC(=O)C1C2CCCC(C2)C1(CC(OC)OC)[Si](C)(C)C. The monoisotopic (exact) mass is 328 g/mol. The molecule has 128 valence electrons. The average molecular weight is 329 g/mol. The number of hydrogen-bond acceptors (Lipinski definition) is 4. The zero-order chi connectivity index (χ0) is 16.5. The molecule has 0 aliphatic heterocycles. The smallest absolute Gasteiger partial charge is 0.309 e. The van der Waals surface area contributed by atoms with E-state index in [1.54, 1.807) is 14.2 Å². The molecule has 0 amide bonds. The fourth-order valence-corrected chi connectivity index (χ4v) is 8.97. The van der Waals surface area contributed by atoms with E-state index in [2.05, 4.69) is 19.6 Å². The molecule has 5 heteroatoms. The maximum Gasteiger partial charge on any atom is 0.309 e. The first-order valence-electron chi connectivity index (χ1n) is 8.45. The molecule has 2 aliphatic carbocycles. The molecule has 0 radical (unpaired) electrons. The Kier molecular flexibility index (Phi) is 5.40. The Hall–Kier alpha value is -0.393. The van der Waals surface area contributed by atoms with E-state index in [4.69, 9.17) is 14.2 Å². The van der Waals surface area contributed by atoms with Crippen molar-refractivity contribution < 1.29 is 19.0 Å². The van der Waals surface area contributed by atoms with Crippen LogP contribution in [0.3, 0.4) is 0 Å². The normalized spacial score (nSPS) is 35.0. The highest BCUT2D eigenvalue weighted by atomic mass is 28.3. The van der Waals surface area contributed by atoms with E-state index in [1.165, 1.54) is 26.4 Å². The number of carbonyl (C=O) groups excluding carboxylic acids is 1. The van der Waals surface area contributed by atoms with Gasteiger partial charge in [-0.05, 0) is 29.7 Å². The Labute approximate surface area is 135 Å². The first-order valence-corrected chi connectivity index (χ1v) is 11.9. The van der Waals surface area contributed by atoms with Gasteiger partial charge in [0.15, 0.2) is 6.29 Å². The summed E-state index contributed by atoms with van der Waals surface area (Å²) in [7, 11) is 3.26. The van der Waals surface area contributed by atoms with Crippen LogP contribution in [-0.2, 0) is 19.0 Å². The molecule has 0 spiro atoms. The summed E-state index contributed by atoms with van der Waals surface area (Å²) in [5, 5.41) is 0.0119. The maximum absolute atomic E-state index is 12.7. The van der Waals surface area contributed by atoms with Gasteiger partial charge < -0.3 is 14.2 Å².